The molecule has 1 unspecified atom stereocenters. The highest BCUT2D eigenvalue weighted by Crippen LogP contribution is 2.34. The third kappa shape index (κ3) is 1.90. The van der Waals surface area contributed by atoms with Crippen molar-refractivity contribution < 1.29 is 0 Å². The van der Waals surface area contributed by atoms with Crippen LogP contribution in [0.4, 0.5) is 0 Å². The van der Waals surface area contributed by atoms with E-state index in [1.54, 1.807) is 22.7 Å². The predicted octanol–water partition coefficient (Wildman–Crippen LogP) is 4.32. The molecule has 1 atom stereocenters. The first kappa shape index (κ1) is 11.0. The standard InChI is InChI=1S/C14H13NS2/c1-9-6-7-13(17-9)14(15)11-8-16-12-5-3-2-4-10(11)12/h2-8,14H,15H2,1H3. The summed E-state index contributed by atoms with van der Waals surface area (Å²) in [5.41, 5.74) is 7.60. The van der Waals surface area contributed by atoms with Gasteiger partial charge in [-0.3, -0.25) is 0 Å². The Bertz CT molecular complexity index is 651. The molecule has 2 aromatic heterocycles. The molecule has 3 aromatic rings. The van der Waals surface area contributed by atoms with Crippen molar-refractivity contribution in [2.24, 2.45) is 5.73 Å². The molecular weight excluding hydrogens is 246 g/mol. The Labute approximate surface area is 109 Å². The highest BCUT2D eigenvalue weighted by Gasteiger charge is 2.14. The summed E-state index contributed by atoms with van der Waals surface area (Å²) in [6.45, 7) is 2.12. The molecule has 86 valence electrons. The maximum absolute atomic E-state index is 6.36. The summed E-state index contributed by atoms with van der Waals surface area (Å²) in [4.78, 5) is 2.56. The van der Waals surface area contributed by atoms with Crippen molar-refractivity contribution in [3.63, 3.8) is 0 Å². The van der Waals surface area contributed by atoms with E-state index in [0.29, 0.717) is 0 Å². The van der Waals surface area contributed by atoms with Crippen molar-refractivity contribution in [3.8, 4) is 0 Å². The van der Waals surface area contributed by atoms with Gasteiger partial charge in [-0.05, 0) is 41.5 Å². The SMILES string of the molecule is Cc1ccc(C(N)c2csc3ccccc23)s1. The molecule has 0 saturated carbocycles. The maximum atomic E-state index is 6.36. The van der Waals surface area contributed by atoms with Crippen LogP contribution in [0.15, 0.2) is 41.8 Å². The monoisotopic (exact) mass is 259 g/mol. The van der Waals surface area contributed by atoms with E-state index >= 15 is 0 Å². The summed E-state index contributed by atoms with van der Waals surface area (Å²) in [7, 11) is 0. The zero-order valence-corrected chi connectivity index (χ0v) is 11.1. The van der Waals surface area contributed by atoms with Gasteiger partial charge >= 0.3 is 0 Å². The minimum Gasteiger partial charge on any atom is -0.320 e. The van der Waals surface area contributed by atoms with Gasteiger partial charge < -0.3 is 5.73 Å². The quantitative estimate of drug-likeness (QED) is 0.728. The topological polar surface area (TPSA) is 26.0 Å². The van der Waals surface area contributed by atoms with Crippen LogP contribution in [0.1, 0.15) is 21.4 Å². The van der Waals surface area contributed by atoms with E-state index in [9.17, 15) is 0 Å². The first-order chi connectivity index (χ1) is 8.25. The Morgan fingerprint density at radius 2 is 1.94 bits per heavy atom. The first-order valence-corrected chi connectivity index (χ1v) is 7.23. The average molecular weight is 259 g/mol. The van der Waals surface area contributed by atoms with Crippen LogP contribution in [0.25, 0.3) is 10.1 Å². The van der Waals surface area contributed by atoms with Gasteiger partial charge in [0.05, 0.1) is 6.04 Å². The molecular formula is C14H13NS2. The molecule has 0 spiro atoms. The highest BCUT2D eigenvalue weighted by atomic mass is 32.1. The predicted molar refractivity (Wildman–Crippen MR) is 76.9 cm³/mol. The van der Waals surface area contributed by atoms with Gasteiger partial charge in [0.1, 0.15) is 0 Å². The molecule has 2 heterocycles. The van der Waals surface area contributed by atoms with Gasteiger partial charge in [0.25, 0.3) is 0 Å². The van der Waals surface area contributed by atoms with E-state index in [1.165, 1.54) is 25.4 Å². The number of nitrogens with two attached hydrogens (primary N) is 1. The molecule has 0 aliphatic rings. The molecule has 0 amide bonds. The Balaban J connectivity index is 2.09. The molecule has 1 aromatic carbocycles. The molecule has 0 bridgehead atoms. The second kappa shape index (κ2) is 4.26. The minimum absolute atomic E-state index is 0.00449. The third-order valence-corrected chi connectivity index (χ3v) is 4.98. The molecule has 1 nitrogen and oxygen atoms in total. The zero-order chi connectivity index (χ0) is 11.8. The lowest BCUT2D eigenvalue weighted by Gasteiger charge is -2.08. The van der Waals surface area contributed by atoms with Crippen molar-refractivity contribution >= 4 is 32.8 Å². The number of hydrogen-bond acceptors (Lipinski definition) is 3. The van der Waals surface area contributed by atoms with Crippen LogP contribution in [0, 0.1) is 6.92 Å². The van der Waals surface area contributed by atoms with Crippen LogP contribution in [0.2, 0.25) is 0 Å². The number of hydrogen-bond donors (Lipinski definition) is 1. The van der Waals surface area contributed by atoms with Gasteiger partial charge in [-0.25, -0.2) is 0 Å². The fourth-order valence-corrected chi connectivity index (χ4v) is 3.91. The number of aryl methyl sites for hydroxylation is 1. The summed E-state index contributed by atoms with van der Waals surface area (Å²) >= 11 is 3.55. The van der Waals surface area contributed by atoms with Gasteiger partial charge in [-0.2, -0.15) is 0 Å². The van der Waals surface area contributed by atoms with E-state index in [4.69, 9.17) is 5.73 Å². The van der Waals surface area contributed by atoms with Crippen LogP contribution in [-0.2, 0) is 0 Å². The van der Waals surface area contributed by atoms with Crippen LogP contribution in [0.3, 0.4) is 0 Å². The Hall–Kier alpha value is -1.16. The van der Waals surface area contributed by atoms with E-state index in [2.05, 4.69) is 48.7 Å². The van der Waals surface area contributed by atoms with Crippen LogP contribution in [-0.4, -0.2) is 0 Å². The Kier molecular flexibility index (Phi) is 2.74. The summed E-state index contributed by atoms with van der Waals surface area (Å²) in [6.07, 6.45) is 0. The Morgan fingerprint density at radius 1 is 1.12 bits per heavy atom. The summed E-state index contributed by atoms with van der Waals surface area (Å²) in [6, 6.07) is 12.7. The summed E-state index contributed by atoms with van der Waals surface area (Å²) < 4.78 is 1.31. The molecule has 3 rings (SSSR count). The normalized spacial score (nSPS) is 13.1. The number of thiophene rings is 2. The van der Waals surface area contributed by atoms with Crippen LogP contribution in [0.5, 0.6) is 0 Å². The van der Waals surface area contributed by atoms with E-state index in [-0.39, 0.29) is 6.04 Å². The van der Waals surface area contributed by atoms with Gasteiger partial charge in [0.15, 0.2) is 0 Å². The first-order valence-electron chi connectivity index (χ1n) is 5.54. The second-order valence-electron chi connectivity index (χ2n) is 4.11. The van der Waals surface area contributed by atoms with Crippen LogP contribution < -0.4 is 5.73 Å². The minimum atomic E-state index is 0.00449. The largest absolute Gasteiger partial charge is 0.320 e. The fourth-order valence-electron chi connectivity index (χ4n) is 2.01. The number of fused-ring (bicyclic) bond motifs is 1. The van der Waals surface area contributed by atoms with Crippen LogP contribution >= 0.6 is 22.7 Å². The van der Waals surface area contributed by atoms with Crippen molar-refractivity contribution in [1.82, 2.24) is 0 Å². The van der Waals surface area contributed by atoms with Gasteiger partial charge in [0, 0.05) is 14.5 Å². The van der Waals surface area contributed by atoms with E-state index in [0.717, 1.165) is 0 Å². The molecule has 0 fully saturated rings. The van der Waals surface area contributed by atoms with E-state index < -0.39 is 0 Å². The Morgan fingerprint density at radius 3 is 2.71 bits per heavy atom. The number of benzene rings is 1. The highest BCUT2D eigenvalue weighted by molar-refractivity contribution is 7.17. The van der Waals surface area contributed by atoms with Gasteiger partial charge in [0.2, 0.25) is 0 Å². The van der Waals surface area contributed by atoms with Gasteiger partial charge in [-0.1, -0.05) is 18.2 Å². The fraction of sp³-hybridized carbons (Fsp3) is 0.143. The third-order valence-electron chi connectivity index (χ3n) is 2.91. The molecule has 0 aliphatic heterocycles. The molecule has 3 heteroatoms. The van der Waals surface area contributed by atoms with Crippen molar-refractivity contribution in [2.45, 2.75) is 13.0 Å². The van der Waals surface area contributed by atoms with Gasteiger partial charge in [-0.15, -0.1) is 22.7 Å². The maximum Gasteiger partial charge on any atom is 0.0660 e. The smallest absolute Gasteiger partial charge is 0.0660 e. The van der Waals surface area contributed by atoms with E-state index in [1.807, 2.05) is 0 Å². The second-order valence-corrected chi connectivity index (χ2v) is 6.34. The molecule has 2 N–H and O–H groups in total. The lowest BCUT2D eigenvalue weighted by atomic mass is 10.1. The van der Waals surface area contributed by atoms with Crippen molar-refractivity contribution in [1.29, 1.82) is 0 Å². The lowest BCUT2D eigenvalue weighted by molar-refractivity contribution is 0.908. The molecule has 17 heavy (non-hydrogen) atoms. The molecule has 0 saturated heterocycles. The van der Waals surface area contributed by atoms with Crippen molar-refractivity contribution in [3.05, 3.63) is 57.1 Å². The molecule has 0 aliphatic carbocycles. The summed E-state index contributed by atoms with van der Waals surface area (Å²) in [5, 5.41) is 3.47. The lowest BCUT2D eigenvalue weighted by Crippen LogP contribution is -2.09. The molecule has 0 radical (unpaired) electrons. The summed E-state index contributed by atoms with van der Waals surface area (Å²) in [5.74, 6) is 0. The number of rotatable bonds is 2. The van der Waals surface area contributed by atoms with Crippen molar-refractivity contribution in [2.75, 3.05) is 0 Å². The average Bonchev–Trinajstić information content (AvgIpc) is 2.94. The zero-order valence-electron chi connectivity index (χ0n) is 9.51.